The van der Waals surface area contributed by atoms with Crippen molar-refractivity contribution in [1.29, 1.82) is 0 Å². The summed E-state index contributed by atoms with van der Waals surface area (Å²) in [5.74, 6) is -0.0552. The summed E-state index contributed by atoms with van der Waals surface area (Å²) in [5.41, 5.74) is 1.15. The van der Waals surface area contributed by atoms with Crippen molar-refractivity contribution in [2.75, 3.05) is 18.4 Å². The van der Waals surface area contributed by atoms with Crippen LogP contribution < -0.4 is 5.32 Å². The van der Waals surface area contributed by atoms with Crippen molar-refractivity contribution in [2.24, 2.45) is 5.92 Å². The number of amides is 2. The average Bonchev–Trinajstić information content (AvgIpc) is 3.27. The summed E-state index contributed by atoms with van der Waals surface area (Å²) in [6.45, 7) is 1.09. The normalized spacial score (nSPS) is 20.3. The smallest absolute Gasteiger partial charge is 0.289 e. The molecule has 1 aliphatic carbocycles. The molecule has 0 bridgehead atoms. The van der Waals surface area contributed by atoms with Crippen molar-refractivity contribution in [3.8, 4) is 0 Å². The monoisotopic (exact) mass is 373 g/mol. The zero-order valence-corrected chi connectivity index (χ0v) is 15.5. The molecule has 0 saturated carbocycles. The van der Waals surface area contributed by atoms with E-state index in [1.165, 1.54) is 30.4 Å². The van der Waals surface area contributed by atoms with Crippen molar-refractivity contribution < 1.29 is 14.0 Å². The van der Waals surface area contributed by atoms with Crippen molar-refractivity contribution >= 4 is 28.3 Å². The molecule has 1 saturated heterocycles. The largest absolute Gasteiger partial charge is 0.459 e. The molecule has 7 heteroatoms. The van der Waals surface area contributed by atoms with Gasteiger partial charge >= 0.3 is 0 Å². The van der Waals surface area contributed by atoms with Gasteiger partial charge in [-0.25, -0.2) is 4.98 Å². The molecule has 0 aromatic carbocycles. The molecule has 2 amide bonds. The van der Waals surface area contributed by atoms with Gasteiger partial charge in [-0.2, -0.15) is 0 Å². The Morgan fingerprint density at radius 2 is 2.12 bits per heavy atom. The van der Waals surface area contributed by atoms with Crippen LogP contribution in [-0.2, 0) is 17.6 Å². The van der Waals surface area contributed by atoms with Crippen molar-refractivity contribution in [3.63, 3.8) is 0 Å². The number of hydrogen-bond acceptors (Lipinski definition) is 5. The van der Waals surface area contributed by atoms with E-state index >= 15 is 0 Å². The van der Waals surface area contributed by atoms with E-state index in [1.54, 1.807) is 28.4 Å². The average molecular weight is 373 g/mol. The molecule has 1 fully saturated rings. The highest BCUT2D eigenvalue weighted by atomic mass is 32.1. The number of piperidine rings is 1. The molecular weight excluding hydrogens is 350 g/mol. The van der Waals surface area contributed by atoms with E-state index in [9.17, 15) is 9.59 Å². The summed E-state index contributed by atoms with van der Waals surface area (Å²) < 4.78 is 5.20. The first kappa shape index (κ1) is 17.3. The lowest BCUT2D eigenvalue weighted by molar-refractivity contribution is -0.121. The van der Waals surface area contributed by atoms with Crippen LogP contribution in [0.5, 0.6) is 0 Å². The van der Waals surface area contributed by atoms with Crippen LogP contribution in [0, 0.1) is 5.92 Å². The van der Waals surface area contributed by atoms with E-state index in [0.29, 0.717) is 24.0 Å². The zero-order valence-electron chi connectivity index (χ0n) is 14.7. The number of aryl methyl sites for hydroxylation is 2. The predicted molar refractivity (Wildman–Crippen MR) is 99.3 cm³/mol. The number of likely N-dealkylation sites (tertiary alicyclic amines) is 1. The van der Waals surface area contributed by atoms with Gasteiger partial charge in [-0.1, -0.05) is 6.42 Å². The Hall–Kier alpha value is -2.15. The number of thiazole rings is 1. The van der Waals surface area contributed by atoms with Crippen LogP contribution in [-0.4, -0.2) is 34.8 Å². The van der Waals surface area contributed by atoms with Crippen LogP contribution in [0.1, 0.15) is 53.2 Å². The van der Waals surface area contributed by atoms with Gasteiger partial charge in [0.25, 0.3) is 5.91 Å². The number of nitrogens with zero attached hydrogens (tertiary/aromatic N) is 2. The minimum absolute atomic E-state index is 0.0362. The predicted octanol–water partition coefficient (Wildman–Crippen LogP) is 3.50. The van der Waals surface area contributed by atoms with E-state index in [2.05, 4.69) is 10.3 Å². The molecule has 2 aromatic heterocycles. The second-order valence-corrected chi connectivity index (χ2v) is 8.09. The molecule has 0 spiro atoms. The summed E-state index contributed by atoms with van der Waals surface area (Å²) in [7, 11) is 0. The Bertz CT molecular complexity index is 761. The maximum absolute atomic E-state index is 12.7. The fourth-order valence-corrected chi connectivity index (χ4v) is 4.77. The maximum Gasteiger partial charge on any atom is 0.289 e. The number of rotatable bonds is 3. The minimum Gasteiger partial charge on any atom is -0.459 e. The Balaban J connectivity index is 1.39. The Morgan fingerprint density at radius 1 is 1.23 bits per heavy atom. The molecule has 6 nitrogen and oxygen atoms in total. The highest BCUT2D eigenvalue weighted by Crippen LogP contribution is 2.29. The van der Waals surface area contributed by atoms with Gasteiger partial charge in [-0.15, -0.1) is 11.3 Å². The maximum atomic E-state index is 12.7. The summed E-state index contributed by atoms with van der Waals surface area (Å²) in [6.07, 6.45) is 8.82. The molecule has 3 heterocycles. The Kier molecular flexibility index (Phi) is 5.06. The molecular formula is C19H23N3O3S. The number of nitrogens with one attached hydrogen (secondary N) is 1. The Morgan fingerprint density at radius 3 is 2.96 bits per heavy atom. The number of aromatic nitrogens is 1. The van der Waals surface area contributed by atoms with Crippen LogP contribution in [0.2, 0.25) is 0 Å². The minimum atomic E-state index is -0.202. The first-order chi connectivity index (χ1) is 12.7. The molecule has 0 radical (unpaired) electrons. The zero-order chi connectivity index (χ0) is 17.9. The molecule has 2 aromatic rings. The molecule has 2 aliphatic rings. The molecule has 1 atom stereocenters. The van der Waals surface area contributed by atoms with Gasteiger partial charge in [-0.05, 0) is 50.7 Å². The van der Waals surface area contributed by atoms with E-state index in [4.69, 9.17) is 4.42 Å². The number of anilines is 1. The van der Waals surface area contributed by atoms with E-state index in [1.807, 2.05) is 0 Å². The van der Waals surface area contributed by atoms with Crippen molar-refractivity contribution in [3.05, 3.63) is 34.7 Å². The van der Waals surface area contributed by atoms with Gasteiger partial charge in [0.05, 0.1) is 17.9 Å². The van der Waals surface area contributed by atoms with Crippen LogP contribution in [0.3, 0.4) is 0 Å². The second-order valence-electron chi connectivity index (χ2n) is 7.01. The summed E-state index contributed by atoms with van der Waals surface area (Å²) in [5, 5.41) is 3.70. The number of carbonyl (C=O) groups excluding carboxylic acids is 2. The number of fused-ring (bicyclic) bond motifs is 1. The van der Waals surface area contributed by atoms with Gasteiger partial charge < -0.3 is 14.6 Å². The SMILES string of the molecule is O=C(Nc1nc2c(s1)CCCCC2)[C@H]1CCCN(C(=O)c2ccco2)C1. The molecule has 0 unspecified atom stereocenters. The van der Waals surface area contributed by atoms with E-state index in [0.717, 1.165) is 31.4 Å². The number of furan rings is 1. The molecule has 26 heavy (non-hydrogen) atoms. The first-order valence-electron chi connectivity index (χ1n) is 9.33. The molecule has 1 aliphatic heterocycles. The van der Waals surface area contributed by atoms with Gasteiger partial charge in [-0.3, -0.25) is 9.59 Å². The van der Waals surface area contributed by atoms with Crippen LogP contribution >= 0.6 is 11.3 Å². The van der Waals surface area contributed by atoms with E-state index < -0.39 is 0 Å². The van der Waals surface area contributed by atoms with Gasteiger partial charge in [0, 0.05) is 18.0 Å². The van der Waals surface area contributed by atoms with Crippen molar-refractivity contribution in [2.45, 2.75) is 44.9 Å². The summed E-state index contributed by atoms with van der Waals surface area (Å²) in [4.78, 5) is 32.8. The fourth-order valence-electron chi connectivity index (χ4n) is 3.72. The third kappa shape index (κ3) is 3.67. The van der Waals surface area contributed by atoms with E-state index in [-0.39, 0.29) is 17.7 Å². The van der Waals surface area contributed by atoms with Gasteiger partial charge in [0.1, 0.15) is 0 Å². The second kappa shape index (κ2) is 7.61. The number of hydrogen-bond donors (Lipinski definition) is 1. The molecule has 1 N–H and O–H groups in total. The highest BCUT2D eigenvalue weighted by Gasteiger charge is 2.30. The summed E-state index contributed by atoms with van der Waals surface area (Å²) >= 11 is 1.61. The Labute approximate surface area is 156 Å². The van der Waals surface area contributed by atoms with Gasteiger partial charge in [0.2, 0.25) is 5.91 Å². The van der Waals surface area contributed by atoms with Crippen molar-refractivity contribution in [1.82, 2.24) is 9.88 Å². The van der Waals surface area contributed by atoms with Crippen LogP contribution in [0.4, 0.5) is 5.13 Å². The lowest BCUT2D eigenvalue weighted by Crippen LogP contribution is -2.43. The number of carbonyl (C=O) groups is 2. The third-order valence-corrected chi connectivity index (χ3v) is 6.21. The standard InChI is InChI=1S/C19H23N3O3S/c23-17(21-19-20-14-7-2-1-3-9-16(14)26-19)13-6-4-10-22(12-13)18(24)15-8-5-11-25-15/h5,8,11,13H,1-4,6-7,9-10,12H2,(H,20,21,23)/t13-/m0/s1. The fraction of sp³-hybridized carbons (Fsp3) is 0.526. The van der Waals surface area contributed by atoms with Crippen LogP contribution in [0.15, 0.2) is 22.8 Å². The highest BCUT2D eigenvalue weighted by molar-refractivity contribution is 7.15. The first-order valence-corrected chi connectivity index (χ1v) is 10.1. The quantitative estimate of drug-likeness (QED) is 0.836. The van der Waals surface area contributed by atoms with Crippen LogP contribution in [0.25, 0.3) is 0 Å². The third-order valence-electron chi connectivity index (χ3n) is 5.14. The summed E-state index contributed by atoms with van der Waals surface area (Å²) in [6, 6.07) is 3.36. The topological polar surface area (TPSA) is 75.4 Å². The van der Waals surface area contributed by atoms with Gasteiger partial charge in [0.15, 0.2) is 10.9 Å². The lowest BCUT2D eigenvalue weighted by atomic mass is 9.97. The lowest BCUT2D eigenvalue weighted by Gasteiger charge is -2.31. The molecule has 138 valence electrons. The molecule has 4 rings (SSSR count).